The van der Waals surface area contributed by atoms with Crippen LogP contribution >= 0.6 is 15.9 Å². The minimum Gasteiger partial charge on any atom is -0.332 e. The van der Waals surface area contributed by atoms with Crippen LogP contribution in [0.15, 0.2) is 46.9 Å². The molecule has 0 aliphatic heterocycles. The maximum absolute atomic E-state index is 12.9. The highest BCUT2D eigenvalue weighted by Gasteiger charge is 2.19. The van der Waals surface area contributed by atoms with Crippen LogP contribution in [0.25, 0.3) is 10.9 Å². The van der Waals surface area contributed by atoms with E-state index in [4.69, 9.17) is 0 Å². The number of nitrogens with zero attached hydrogens (tertiary/aromatic N) is 3. The Bertz CT molecular complexity index is 1030. The lowest BCUT2D eigenvalue weighted by Crippen LogP contribution is -2.35. The minimum atomic E-state index is -0.304. The summed E-state index contributed by atoms with van der Waals surface area (Å²) in [6, 6.07) is 12.7. The summed E-state index contributed by atoms with van der Waals surface area (Å²) in [5.41, 5.74) is 2.80. The molecular weight excluding hydrogens is 408 g/mol. The number of fused-ring (bicyclic) bond motifs is 1. The number of carbonyl (C=O) groups excluding carboxylic acids is 2. The minimum absolute atomic E-state index is 0.0755. The number of aromatic nitrogens is 2. The van der Waals surface area contributed by atoms with Crippen molar-refractivity contribution in [3.8, 4) is 0 Å². The quantitative estimate of drug-likeness (QED) is 0.689. The number of rotatable bonds is 4. The van der Waals surface area contributed by atoms with Crippen molar-refractivity contribution in [1.82, 2.24) is 14.9 Å². The number of hydrogen-bond acceptors (Lipinski definition) is 4. The molecule has 1 N–H and O–H groups in total. The molecule has 2 amide bonds. The van der Waals surface area contributed by atoms with Crippen molar-refractivity contribution in [2.75, 3.05) is 18.9 Å². The van der Waals surface area contributed by atoms with Crippen LogP contribution in [0.3, 0.4) is 0 Å². The Kier molecular flexibility index (Phi) is 5.51. The number of likely N-dealkylation sites (N-methyl/N-ethyl adjacent to an activating group) is 1. The van der Waals surface area contributed by atoms with E-state index in [0.717, 1.165) is 26.8 Å². The summed E-state index contributed by atoms with van der Waals surface area (Å²) in [5, 5.41) is 3.46. The molecule has 3 aromatic rings. The highest BCUT2D eigenvalue weighted by molar-refractivity contribution is 9.10. The molecule has 0 fully saturated rings. The first kappa shape index (κ1) is 19.0. The molecule has 0 bridgehead atoms. The van der Waals surface area contributed by atoms with Crippen LogP contribution in [0, 0.1) is 13.8 Å². The first-order valence-corrected chi connectivity index (χ1v) is 9.18. The molecule has 0 saturated carbocycles. The Morgan fingerprint density at radius 1 is 1.07 bits per heavy atom. The Morgan fingerprint density at radius 3 is 2.59 bits per heavy atom. The normalized spacial score (nSPS) is 10.7. The van der Waals surface area contributed by atoms with Gasteiger partial charge in [-0.05, 0) is 44.2 Å². The predicted molar refractivity (Wildman–Crippen MR) is 109 cm³/mol. The number of amides is 2. The van der Waals surface area contributed by atoms with Crippen LogP contribution in [-0.2, 0) is 4.79 Å². The van der Waals surface area contributed by atoms with Crippen LogP contribution in [0.1, 0.15) is 21.7 Å². The average Bonchev–Trinajstić information content (AvgIpc) is 2.59. The molecule has 27 heavy (non-hydrogen) atoms. The van der Waals surface area contributed by atoms with E-state index in [1.807, 2.05) is 44.2 Å². The Morgan fingerprint density at radius 2 is 1.85 bits per heavy atom. The second kappa shape index (κ2) is 7.84. The van der Waals surface area contributed by atoms with Crippen LogP contribution in [0.4, 0.5) is 5.82 Å². The lowest BCUT2D eigenvalue weighted by molar-refractivity contribution is -0.116. The molecule has 6 nitrogen and oxygen atoms in total. The molecule has 7 heteroatoms. The van der Waals surface area contributed by atoms with Crippen molar-refractivity contribution in [2.45, 2.75) is 13.8 Å². The molecule has 0 aliphatic carbocycles. The van der Waals surface area contributed by atoms with Gasteiger partial charge in [-0.1, -0.05) is 28.1 Å². The van der Waals surface area contributed by atoms with Gasteiger partial charge in [0.05, 0.1) is 17.6 Å². The predicted octanol–water partition coefficient (Wildman–Crippen LogP) is 3.72. The molecule has 138 valence electrons. The largest absolute Gasteiger partial charge is 0.332 e. The third kappa shape index (κ3) is 4.49. The molecular formula is C20H19BrN4O2. The molecule has 1 aromatic carbocycles. The third-order valence-corrected chi connectivity index (χ3v) is 4.51. The van der Waals surface area contributed by atoms with E-state index in [0.29, 0.717) is 11.4 Å². The average molecular weight is 427 g/mol. The summed E-state index contributed by atoms with van der Waals surface area (Å²) in [4.78, 5) is 35.3. The van der Waals surface area contributed by atoms with Gasteiger partial charge in [0.15, 0.2) is 0 Å². The molecule has 2 aromatic heterocycles. The van der Waals surface area contributed by atoms with Gasteiger partial charge in [0.2, 0.25) is 5.91 Å². The number of pyridine rings is 2. The van der Waals surface area contributed by atoms with Gasteiger partial charge in [-0.3, -0.25) is 14.6 Å². The summed E-state index contributed by atoms with van der Waals surface area (Å²) >= 11 is 3.42. The van der Waals surface area contributed by atoms with E-state index in [2.05, 4.69) is 31.2 Å². The van der Waals surface area contributed by atoms with Crippen LogP contribution in [0.5, 0.6) is 0 Å². The molecule has 0 radical (unpaired) electrons. The Hall–Kier alpha value is -2.80. The van der Waals surface area contributed by atoms with E-state index in [9.17, 15) is 9.59 Å². The van der Waals surface area contributed by atoms with Gasteiger partial charge in [0.25, 0.3) is 5.91 Å². The fourth-order valence-electron chi connectivity index (χ4n) is 2.80. The van der Waals surface area contributed by atoms with Crippen molar-refractivity contribution in [1.29, 1.82) is 0 Å². The first-order chi connectivity index (χ1) is 12.8. The van der Waals surface area contributed by atoms with Crippen LogP contribution < -0.4 is 5.32 Å². The topological polar surface area (TPSA) is 75.2 Å². The lowest BCUT2D eigenvalue weighted by Gasteiger charge is -2.18. The zero-order chi connectivity index (χ0) is 19.6. The number of nitrogens with one attached hydrogen (secondary N) is 1. The van der Waals surface area contributed by atoms with Gasteiger partial charge in [-0.25, -0.2) is 4.98 Å². The number of carbonyl (C=O) groups is 2. The molecule has 0 aliphatic rings. The standard InChI is InChI=1S/C20H19BrN4O2/c1-12-5-4-6-18(23-12)24-19(26)11-25(3)20(27)16-9-13(2)22-17-10-14(21)7-8-15(16)17/h4-10H,11H2,1-3H3,(H,23,24,26). The maximum Gasteiger partial charge on any atom is 0.254 e. The molecule has 2 heterocycles. The van der Waals surface area contributed by atoms with Crippen molar-refractivity contribution in [3.05, 3.63) is 63.9 Å². The molecule has 0 unspecified atom stereocenters. The van der Waals surface area contributed by atoms with Crippen molar-refractivity contribution >= 4 is 44.5 Å². The summed E-state index contributed by atoms with van der Waals surface area (Å²) in [7, 11) is 1.60. The molecule has 3 rings (SSSR count). The molecule has 0 atom stereocenters. The highest BCUT2D eigenvalue weighted by Crippen LogP contribution is 2.23. The van der Waals surface area contributed by atoms with Gasteiger partial charge in [0, 0.05) is 28.3 Å². The van der Waals surface area contributed by atoms with Crippen molar-refractivity contribution < 1.29 is 9.59 Å². The van der Waals surface area contributed by atoms with E-state index >= 15 is 0 Å². The third-order valence-electron chi connectivity index (χ3n) is 4.01. The van der Waals surface area contributed by atoms with Gasteiger partial charge in [-0.2, -0.15) is 0 Å². The molecule has 0 saturated heterocycles. The summed E-state index contributed by atoms with van der Waals surface area (Å²) in [5.74, 6) is -0.0714. The zero-order valence-corrected chi connectivity index (χ0v) is 16.9. The van der Waals surface area contributed by atoms with Gasteiger partial charge >= 0.3 is 0 Å². The van der Waals surface area contributed by atoms with Crippen molar-refractivity contribution in [2.24, 2.45) is 0 Å². The maximum atomic E-state index is 12.9. The van der Waals surface area contributed by atoms with Gasteiger partial charge in [-0.15, -0.1) is 0 Å². The van der Waals surface area contributed by atoms with Crippen molar-refractivity contribution in [3.63, 3.8) is 0 Å². The van der Waals surface area contributed by atoms with E-state index < -0.39 is 0 Å². The van der Waals surface area contributed by atoms with E-state index in [1.54, 1.807) is 19.2 Å². The Labute approximate surface area is 165 Å². The van der Waals surface area contributed by atoms with Crippen LogP contribution in [0.2, 0.25) is 0 Å². The number of hydrogen-bond donors (Lipinski definition) is 1. The Balaban J connectivity index is 1.79. The smallest absolute Gasteiger partial charge is 0.254 e. The first-order valence-electron chi connectivity index (χ1n) is 8.39. The highest BCUT2D eigenvalue weighted by atomic mass is 79.9. The second-order valence-corrected chi connectivity index (χ2v) is 7.26. The second-order valence-electron chi connectivity index (χ2n) is 6.35. The van der Waals surface area contributed by atoms with E-state index in [-0.39, 0.29) is 18.4 Å². The monoisotopic (exact) mass is 426 g/mol. The lowest BCUT2D eigenvalue weighted by atomic mass is 10.1. The fourth-order valence-corrected chi connectivity index (χ4v) is 3.15. The van der Waals surface area contributed by atoms with E-state index in [1.165, 1.54) is 4.90 Å². The summed E-state index contributed by atoms with van der Waals surface area (Å²) < 4.78 is 0.893. The van der Waals surface area contributed by atoms with Gasteiger partial charge in [0.1, 0.15) is 5.82 Å². The SMILES string of the molecule is Cc1cccc(NC(=O)CN(C)C(=O)c2cc(C)nc3cc(Br)ccc23)n1. The zero-order valence-electron chi connectivity index (χ0n) is 15.3. The molecule has 0 spiro atoms. The van der Waals surface area contributed by atoms with Gasteiger partial charge < -0.3 is 10.2 Å². The summed E-state index contributed by atoms with van der Waals surface area (Å²) in [6.07, 6.45) is 0. The number of anilines is 1. The number of halogens is 1. The number of aryl methyl sites for hydroxylation is 2. The number of benzene rings is 1. The summed E-state index contributed by atoms with van der Waals surface area (Å²) in [6.45, 7) is 3.61. The fraction of sp³-hybridized carbons (Fsp3) is 0.200. The van der Waals surface area contributed by atoms with Crippen LogP contribution in [-0.4, -0.2) is 40.3 Å².